The van der Waals surface area contributed by atoms with Crippen LogP contribution in [0.25, 0.3) is 0 Å². The van der Waals surface area contributed by atoms with E-state index in [1.165, 1.54) is 6.92 Å². The van der Waals surface area contributed by atoms with Gasteiger partial charge in [0.25, 0.3) is 0 Å². The number of Topliss-reactive ketones (excluding diaryl/α,β-unsaturated/α-hetero) is 1. The molecule has 0 N–H and O–H groups in total. The number of nitrogens with zero attached hydrogens (tertiary/aromatic N) is 1. The number of aromatic nitrogens is 1. The lowest BCUT2D eigenvalue weighted by molar-refractivity contribution is 0.101. The number of halogens is 1. The first-order valence-corrected chi connectivity index (χ1v) is 6.27. The molecule has 1 aromatic carbocycles. The average molecular weight is 276 g/mol. The number of benzene rings is 1. The van der Waals surface area contributed by atoms with Crippen LogP contribution in [0.4, 0.5) is 0 Å². The molecule has 1 heterocycles. The van der Waals surface area contributed by atoms with E-state index in [0.717, 1.165) is 16.9 Å². The maximum Gasteiger partial charge on any atom is 0.219 e. The normalized spacial score (nSPS) is 10.3. The van der Waals surface area contributed by atoms with Crippen LogP contribution >= 0.6 is 11.6 Å². The highest BCUT2D eigenvalue weighted by atomic mass is 35.5. The highest BCUT2D eigenvalue weighted by Gasteiger charge is 2.09. The smallest absolute Gasteiger partial charge is 0.219 e. The zero-order valence-corrected chi connectivity index (χ0v) is 11.8. The Hall–Kier alpha value is -1.87. The molecule has 0 aliphatic carbocycles. The van der Waals surface area contributed by atoms with Crippen molar-refractivity contribution in [1.82, 2.24) is 4.98 Å². The number of hydrogen-bond acceptors (Lipinski definition) is 3. The van der Waals surface area contributed by atoms with Gasteiger partial charge in [0, 0.05) is 22.8 Å². The predicted molar refractivity (Wildman–Crippen MR) is 75.2 cm³/mol. The summed E-state index contributed by atoms with van der Waals surface area (Å²) in [6, 6.07) is 6.96. The summed E-state index contributed by atoms with van der Waals surface area (Å²) in [5, 5.41) is 0.674. The number of ketones is 1. The van der Waals surface area contributed by atoms with Crippen molar-refractivity contribution < 1.29 is 9.53 Å². The minimum atomic E-state index is -0.0169. The van der Waals surface area contributed by atoms with Gasteiger partial charge >= 0.3 is 0 Å². The van der Waals surface area contributed by atoms with Crippen LogP contribution in [0.5, 0.6) is 11.6 Å². The van der Waals surface area contributed by atoms with Crippen LogP contribution in [0.3, 0.4) is 0 Å². The average Bonchev–Trinajstić information content (AvgIpc) is 2.34. The summed E-state index contributed by atoms with van der Waals surface area (Å²) in [7, 11) is 0. The molecule has 0 aliphatic heterocycles. The fourth-order valence-corrected chi connectivity index (χ4v) is 2.17. The fourth-order valence-electron chi connectivity index (χ4n) is 1.85. The summed E-state index contributed by atoms with van der Waals surface area (Å²) in [4.78, 5) is 15.4. The van der Waals surface area contributed by atoms with Crippen molar-refractivity contribution in [3.8, 4) is 11.6 Å². The summed E-state index contributed by atoms with van der Waals surface area (Å²) < 4.78 is 5.76. The molecule has 0 spiro atoms. The Labute approximate surface area is 117 Å². The van der Waals surface area contributed by atoms with E-state index in [-0.39, 0.29) is 5.78 Å². The van der Waals surface area contributed by atoms with Crippen LogP contribution in [-0.4, -0.2) is 10.8 Å². The number of rotatable bonds is 3. The molecule has 2 rings (SSSR count). The van der Waals surface area contributed by atoms with Crippen molar-refractivity contribution in [1.29, 1.82) is 0 Å². The van der Waals surface area contributed by atoms with Gasteiger partial charge in [-0.2, -0.15) is 0 Å². The van der Waals surface area contributed by atoms with Gasteiger partial charge in [0.2, 0.25) is 5.88 Å². The van der Waals surface area contributed by atoms with Gasteiger partial charge in [-0.1, -0.05) is 11.6 Å². The molecular weight excluding hydrogens is 262 g/mol. The van der Waals surface area contributed by atoms with E-state index >= 15 is 0 Å². The van der Waals surface area contributed by atoms with Gasteiger partial charge in [-0.25, -0.2) is 4.98 Å². The molecule has 0 aliphatic rings. The second-order valence-electron chi connectivity index (χ2n) is 4.41. The first-order valence-electron chi connectivity index (χ1n) is 5.89. The first kappa shape index (κ1) is 13.6. The predicted octanol–water partition coefficient (Wildman–Crippen LogP) is 4.35. The minimum Gasteiger partial charge on any atom is -0.438 e. The summed E-state index contributed by atoms with van der Waals surface area (Å²) >= 11 is 5.98. The van der Waals surface area contributed by atoms with E-state index in [9.17, 15) is 4.79 Å². The molecule has 0 amide bonds. The molecule has 0 bridgehead atoms. The first-order chi connectivity index (χ1) is 8.97. The molecule has 0 atom stereocenters. The van der Waals surface area contributed by atoms with Gasteiger partial charge in [-0.05, 0) is 50.1 Å². The fraction of sp³-hybridized carbons (Fsp3) is 0.200. The summed E-state index contributed by atoms with van der Waals surface area (Å²) in [6.45, 7) is 5.35. The molecule has 0 radical (unpaired) electrons. The molecule has 0 saturated carbocycles. The van der Waals surface area contributed by atoms with Crippen molar-refractivity contribution in [2.24, 2.45) is 0 Å². The second kappa shape index (κ2) is 5.41. The zero-order valence-electron chi connectivity index (χ0n) is 11.0. The highest BCUT2D eigenvalue weighted by molar-refractivity contribution is 6.30. The lowest BCUT2D eigenvalue weighted by atomic mass is 10.1. The SMILES string of the molecule is CC(=O)c1ccnc(Oc2c(C)cc(Cl)cc2C)c1. The number of aryl methyl sites for hydroxylation is 2. The van der Waals surface area contributed by atoms with Crippen molar-refractivity contribution in [2.45, 2.75) is 20.8 Å². The Morgan fingerprint density at radius 2 is 1.84 bits per heavy atom. The quantitative estimate of drug-likeness (QED) is 0.782. The molecule has 19 heavy (non-hydrogen) atoms. The third kappa shape index (κ3) is 3.12. The van der Waals surface area contributed by atoms with Gasteiger partial charge in [0.1, 0.15) is 5.75 Å². The molecule has 4 heteroatoms. The van der Waals surface area contributed by atoms with E-state index in [0.29, 0.717) is 16.5 Å². The topological polar surface area (TPSA) is 39.2 Å². The van der Waals surface area contributed by atoms with Crippen LogP contribution in [-0.2, 0) is 0 Å². The maximum absolute atomic E-state index is 11.3. The Bertz CT molecular complexity index is 615. The largest absolute Gasteiger partial charge is 0.438 e. The van der Waals surface area contributed by atoms with E-state index in [1.54, 1.807) is 18.3 Å². The Morgan fingerprint density at radius 1 is 1.21 bits per heavy atom. The molecule has 1 aromatic heterocycles. The number of ether oxygens (including phenoxy) is 1. The lowest BCUT2D eigenvalue weighted by Crippen LogP contribution is -1.97. The van der Waals surface area contributed by atoms with E-state index < -0.39 is 0 Å². The van der Waals surface area contributed by atoms with Crippen molar-refractivity contribution >= 4 is 17.4 Å². The molecule has 2 aromatic rings. The van der Waals surface area contributed by atoms with Gasteiger partial charge in [-0.3, -0.25) is 4.79 Å². The molecule has 98 valence electrons. The zero-order chi connectivity index (χ0) is 14.0. The Balaban J connectivity index is 2.36. The lowest BCUT2D eigenvalue weighted by Gasteiger charge is -2.11. The number of carbonyl (C=O) groups is 1. The van der Waals surface area contributed by atoms with Crippen LogP contribution < -0.4 is 4.74 Å². The standard InChI is InChI=1S/C15H14ClNO2/c1-9-6-13(16)7-10(2)15(9)19-14-8-12(11(3)18)4-5-17-14/h4-8H,1-3H3. The van der Waals surface area contributed by atoms with Gasteiger partial charge in [-0.15, -0.1) is 0 Å². The van der Waals surface area contributed by atoms with Crippen molar-refractivity contribution in [3.63, 3.8) is 0 Å². The summed E-state index contributed by atoms with van der Waals surface area (Å²) in [5.74, 6) is 1.11. The number of hydrogen-bond donors (Lipinski definition) is 0. The number of pyridine rings is 1. The van der Waals surface area contributed by atoms with Crippen LogP contribution in [0, 0.1) is 13.8 Å². The summed E-state index contributed by atoms with van der Waals surface area (Å²) in [5.41, 5.74) is 2.44. The Morgan fingerprint density at radius 3 is 2.42 bits per heavy atom. The molecule has 0 fully saturated rings. The third-order valence-electron chi connectivity index (χ3n) is 2.77. The van der Waals surface area contributed by atoms with Crippen LogP contribution in [0.1, 0.15) is 28.4 Å². The van der Waals surface area contributed by atoms with E-state index in [4.69, 9.17) is 16.3 Å². The number of carbonyl (C=O) groups excluding carboxylic acids is 1. The van der Waals surface area contributed by atoms with Gasteiger partial charge < -0.3 is 4.74 Å². The minimum absolute atomic E-state index is 0.0169. The highest BCUT2D eigenvalue weighted by Crippen LogP contribution is 2.30. The monoisotopic (exact) mass is 275 g/mol. The maximum atomic E-state index is 11.3. The molecular formula is C15H14ClNO2. The van der Waals surface area contributed by atoms with Gasteiger partial charge in [0.05, 0.1) is 0 Å². The second-order valence-corrected chi connectivity index (χ2v) is 4.85. The van der Waals surface area contributed by atoms with Crippen LogP contribution in [0.2, 0.25) is 5.02 Å². The Kier molecular flexibility index (Phi) is 3.86. The third-order valence-corrected chi connectivity index (χ3v) is 2.99. The van der Waals surface area contributed by atoms with Crippen LogP contribution in [0.15, 0.2) is 30.5 Å². The van der Waals surface area contributed by atoms with E-state index in [1.807, 2.05) is 26.0 Å². The molecule has 0 saturated heterocycles. The molecule has 0 unspecified atom stereocenters. The van der Waals surface area contributed by atoms with Crippen molar-refractivity contribution in [2.75, 3.05) is 0 Å². The molecule has 3 nitrogen and oxygen atoms in total. The van der Waals surface area contributed by atoms with Gasteiger partial charge in [0.15, 0.2) is 5.78 Å². The van der Waals surface area contributed by atoms with Crippen molar-refractivity contribution in [3.05, 3.63) is 52.2 Å². The summed E-state index contributed by atoms with van der Waals surface area (Å²) in [6.07, 6.45) is 1.56. The van der Waals surface area contributed by atoms with E-state index in [2.05, 4.69) is 4.98 Å².